The van der Waals surface area contributed by atoms with Gasteiger partial charge in [0.2, 0.25) is 0 Å². The fourth-order valence-electron chi connectivity index (χ4n) is 0.903. The van der Waals surface area contributed by atoms with E-state index in [9.17, 15) is 4.79 Å². The molecule has 0 fully saturated rings. The van der Waals surface area contributed by atoms with Gasteiger partial charge in [0.25, 0.3) is 0 Å². The van der Waals surface area contributed by atoms with Crippen molar-refractivity contribution >= 4 is 5.97 Å². The molecule has 0 amide bonds. The summed E-state index contributed by atoms with van der Waals surface area (Å²) >= 11 is 0. The maximum absolute atomic E-state index is 10.4. The third kappa shape index (κ3) is 14.4. The molecule has 0 aromatic heterocycles. The fourth-order valence-corrected chi connectivity index (χ4v) is 0.903. The lowest BCUT2D eigenvalue weighted by Crippen LogP contribution is -2.03. The Labute approximate surface area is 112 Å². The molecular weight excluding hydrogens is 224 g/mol. The lowest BCUT2D eigenvalue weighted by Gasteiger charge is -1.96. The Morgan fingerprint density at radius 3 is 2.06 bits per heavy atom. The van der Waals surface area contributed by atoms with Crippen molar-refractivity contribution in [2.75, 3.05) is 6.61 Å². The van der Waals surface area contributed by atoms with Gasteiger partial charge in [0.05, 0.1) is 6.61 Å². The van der Waals surface area contributed by atoms with E-state index in [1.807, 2.05) is 6.08 Å². The zero-order valence-electron chi connectivity index (χ0n) is 12.2. The summed E-state index contributed by atoms with van der Waals surface area (Å²) in [5.41, 5.74) is 2.95. The molecule has 0 unspecified atom stereocenters. The summed E-state index contributed by atoms with van der Waals surface area (Å²) in [7, 11) is 0. The van der Waals surface area contributed by atoms with Gasteiger partial charge in [-0.2, -0.15) is 0 Å². The van der Waals surface area contributed by atoms with Crippen molar-refractivity contribution in [1.82, 2.24) is 0 Å². The monoisotopic (exact) mass is 250 g/mol. The van der Waals surface area contributed by atoms with Crippen LogP contribution in [0.1, 0.15) is 40.5 Å². The molecule has 0 saturated heterocycles. The van der Waals surface area contributed by atoms with Crippen LogP contribution in [-0.2, 0) is 9.53 Å². The third-order valence-electron chi connectivity index (χ3n) is 1.93. The highest BCUT2D eigenvalue weighted by molar-refractivity contribution is 5.86. The van der Waals surface area contributed by atoms with Crippen LogP contribution in [0, 0.1) is 0 Å². The lowest BCUT2D eigenvalue weighted by molar-refractivity contribution is -0.138. The summed E-state index contributed by atoms with van der Waals surface area (Å²) < 4.78 is 4.56. The van der Waals surface area contributed by atoms with E-state index in [1.54, 1.807) is 13.8 Å². The average Bonchev–Trinajstić information content (AvgIpc) is 2.29. The number of rotatable bonds is 6. The lowest BCUT2D eigenvalue weighted by atomic mass is 10.1. The van der Waals surface area contributed by atoms with E-state index in [0.717, 1.165) is 18.4 Å². The van der Waals surface area contributed by atoms with Crippen LogP contribution in [0.3, 0.4) is 0 Å². The largest absolute Gasteiger partial charge is 0.463 e. The van der Waals surface area contributed by atoms with Crippen LogP contribution < -0.4 is 0 Å². The van der Waals surface area contributed by atoms with Crippen LogP contribution in [0.25, 0.3) is 0 Å². The van der Waals surface area contributed by atoms with Gasteiger partial charge in [0.1, 0.15) is 0 Å². The van der Waals surface area contributed by atoms with Gasteiger partial charge >= 0.3 is 5.97 Å². The van der Waals surface area contributed by atoms with Crippen LogP contribution in [0.4, 0.5) is 0 Å². The molecule has 2 nitrogen and oxygen atoms in total. The first-order valence-electron chi connectivity index (χ1n) is 6.11. The molecule has 0 atom stereocenters. The molecule has 0 aromatic rings. The van der Waals surface area contributed by atoms with E-state index >= 15 is 0 Å². The zero-order valence-corrected chi connectivity index (χ0v) is 12.2. The molecule has 102 valence electrons. The van der Waals surface area contributed by atoms with Crippen LogP contribution in [0.15, 0.2) is 48.6 Å². The van der Waals surface area contributed by atoms with Crippen molar-refractivity contribution in [2.45, 2.75) is 40.5 Å². The highest BCUT2D eigenvalue weighted by atomic mass is 16.5. The Morgan fingerprint density at radius 2 is 1.78 bits per heavy atom. The highest BCUT2D eigenvalue weighted by Crippen LogP contribution is 2.05. The molecule has 0 heterocycles. The second-order valence-electron chi connectivity index (χ2n) is 4.18. The molecular formula is C16H26O2. The standard InChI is InChI=1S/C10H16.C6H10O2/c1-5-10(4)8-6-7-9(2)3;1-4-8-6(7)5(2)3/h5,7H,1,4,6,8H2,2-3H3;2,4H2,1,3H3. The van der Waals surface area contributed by atoms with Gasteiger partial charge in [0.15, 0.2) is 0 Å². The summed E-state index contributed by atoms with van der Waals surface area (Å²) in [4.78, 5) is 10.4. The summed E-state index contributed by atoms with van der Waals surface area (Å²) in [6.45, 7) is 18.9. The first-order chi connectivity index (χ1) is 8.34. The minimum Gasteiger partial charge on any atom is -0.463 e. The Morgan fingerprint density at radius 1 is 1.22 bits per heavy atom. The van der Waals surface area contributed by atoms with Gasteiger partial charge in [-0.3, -0.25) is 0 Å². The van der Waals surface area contributed by atoms with Crippen LogP contribution in [-0.4, -0.2) is 12.6 Å². The smallest absolute Gasteiger partial charge is 0.333 e. The molecule has 0 saturated carbocycles. The maximum atomic E-state index is 10.4. The van der Waals surface area contributed by atoms with E-state index in [0.29, 0.717) is 12.2 Å². The first-order valence-corrected chi connectivity index (χ1v) is 6.11. The van der Waals surface area contributed by atoms with E-state index in [1.165, 1.54) is 5.57 Å². The normalized spacial score (nSPS) is 8.44. The Hall–Kier alpha value is -1.57. The quantitative estimate of drug-likeness (QED) is 0.298. The predicted octanol–water partition coefficient (Wildman–Crippen LogP) is 4.60. The molecule has 2 heteroatoms. The minimum absolute atomic E-state index is 0.312. The van der Waals surface area contributed by atoms with Crippen LogP contribution in [0.5, 0.6) is 0 Å². The van der Waals surface area contributed by atoms with Crippen molar-refractivity contribution in [1.29, 1.82) is 0 Å². The van der Waals surface area contributed by atoms with Crippen molar-refractivity contribution in [3.63, 3.8) is 0 Å². The number of ether oxygens (including phenoxy) is 1. The third-order valence-corrected chi connectivity index (χ3v) is 1.93. The molecule has 18 heavy (non-hydrogen) atoms. The minimum atomic E-state index is -0.312. The van der Waals surface area contributed by atoms with E-state index in [4.69, 9.17) is 0 Å². The topological polar surface area (TPSA) is 26.3 Å². The molecule has 0 aliphatic carbocycles. The van der Waals surface area contributed by atoms with Crippen molar-refractivity contribution in [3.05, 3.63) is 48.6 Å². The number of carbonyl (C=O) groups excluding carboxylic acids is 1. The van der Waals surface area contributed by atoms with Crippen molar-refractivity contribution < 1.29 is 9.53 Å². The van der Waals surface area contributed by atoms with Crippen molar-refractivity contribution in [3.8, 4) is 0 Å². The number of hydrogen-bond acceptors (Lipinski definition) is 2. The van der Waals surface area contributed by atoms with Crippen molar-refractivity contribution in [2.24, 2.45) is 0 Å². The molecule has 0 spiro atoms. The SMILES string of the molecule is C=C(C)C(=O)OCC.C=CC(=C)CCC=C(C)C. The number of allylic oxidation sites excluding steroid dienone is 4. The van der Waals surface area contributed by atoms with Gasteiger partial charge in [0, 0.05) is 5.57 Å². The molecule has 0 N–H and O–H groups in total. The summed E-state index contributed by atoms with van der Waals surface area (Å²) in [5.74, 6) is -0.312. The van der Waals surface area contributed by atoms with E-state index in [-0.39, 0.29) is 5.97 Å². The number of esters is 1. The highest BCUT2D eigenvalue weighted by Gasteiger charge is 1.98. The molecule has 0 rings (SSSR count). The molecule has 0 aliphatic rings. The first kappa shape index (κ1) is 18.8. The summed E-state index contributed by atoms with van der Waals surface area (Å²) in [6, 6.07) is 0. The fraction of sp³-hybridized carbons (Fsp3) is 0.438. The Balaban J connectivity index is 0. The number of hydrogen-bond donors (Lipinski definition) is 0. The number of carbonyl (C=O) groups is 1. The summed E-state index contributed by atoms with van der Waals surface area (Å²) in [5, 5.41) is 0. The van der Waals surface area contributed by atoms with E-state index in [2.05, 4.69) is 44.4 Å². The van der Waals surface area contributed by atoms with E-state index < -0.39 is 0 Å². The molecule has 0 aromatic carbocycles. The molecule has 0 bridgehead atoms. The van der Waals surface area contributed by atoms with Gasteiger partial charge in [-0.05, 0) is 40.5 Å². The Kier molecular flexibility index (Phi) is 12.4. The van der Waals surface area contributed by atoms with Gasteiger partial charge in [-0.1, -0.05) is 43.0 Å². The predicted molar refractivity (Wildman–Crippen MR) is 79.4 cm³/mol. The van der Waals surface area contributed by atoms with Gasteiger partial charge in [-0.15, -0.1) is 0 Å². The zero-order chi connectivity index (χ0) is 14.6. The Bertz CT molecular complexity index is 318. The summed E-state index contributed by atoms with van der Waals surface area (Å²) in [6.07, 6.45) is 6.16. The van der Waals surface area contributed by atoms with Gasteiger partial charge < -0.3 is 4.74 Å². The second kappa shape index (κ2) is 11.9. The maximum Gasteiger partial charge on any atom is 0.333 e. The molecule has 0 aliphatic heterocycles. The molecule has 0 radical (unpaired) electrons. The van der Waals surface area contributed by atoms with Gasteiger partial charge in [-0.25, -0.2) is 4.79 Å². The van der Waals surface area contributed by atoms with Crippen LogP contribution in [0.2, 0.25) is 0 Å². The van der Waals surface area contributed by atoms with Crippen LogP contribution >= 0.6 is 0 Å². The second-order valence-corrected chi connectivity index (χ2v) is 4.18. The average molecular weight is 250 g/mol.